The van der Waals surface area contributed by atoms with Crippen molar-refractivity contribution in [3.63, 3.8) is 0 Å². The predicted octanol–water partition coefficient (Wildman–Crippen LogP) is -0.957. The SMILES string of the molecule is CN(C)C[C@@H](COC(=O)NCCC(=O)O)N1C(=O)C=CC1=O. The molecule has 0 saturated carbocycles. The molecule has 0 saturated heterocycles. The van der Waals surface area contributed by atoms with Gasteiger partial charge in [-0.05, 0) is 14.1 Å². The first kappa shape index (κ1) is 17.6. The van der Waals surface area contributed by atoms with Crippen LogP contribution >= 0.6 is 0 Å². The summed E-state index contributed by atoms with van der Waals surface area (Å²) >= 11 is 0. The molecule has 1 atom stereocenters. The first-order chi connectivity index (χ1) is 10.3. The maximum Gasteiger partial charge on any atom is 0.407 e. The fraction of sp³-hybridized carbons (Fsp3) is 0.538. The molecule has 9 nitrogen and oxygen atoms in total. The molecule has 0 spiro atoms. The average molecular weight is 313 g/mol. The van der Waals surface area contributed by atoms with Gasteiger partial charge >= 0.3 is 12.1 Å². The predicted molar refractivity (Wildman–Crippen MR) is 74.9 cm³/mol. The summed E-state index contributed by atoms with van der Waals surface area (Å²) in [4.78, 5) is 47.9. The molecule has 1 rings (SSSR count). The highest BCUT2D eigenvalue weighted by molar-refractivity contribution is 6.13. The Kier molecular flexibility index (Phi) is 6.51. The third-order valence-electron chi connectivity index (χ3n) is 2.80. The van der Waals surface area contributed by atoms with Crippen LogP contribution in [0, 0.1) is 0 Å². The normalized spacial score (nSPS) is 15.3. The van der Waals surface area contributed by atoms with Gasteiger partial charge in [0.2, 0.25) is 0 Å². The van der Waals surface area contributed by atoms with E-state index in [1.54, 1.807) is 19.0 Å². The van der Waals surface area contributed by atoms with Gasteiger partial charge in [-0.2, -0.15) is 0 Å². The largest absolute Gasteiger partial charge is 0.481 e. The quantitative estimate of drug-likeness (QED) is 0.554. The van der Waals surface area contributed by atoms with Crippen LogP contribution in [0.5, 0.6) is 0 Å². The fourth-order valence-electron chi connectivity index (χ4n) is 1.90. The minimum absolute atomic E-state index is 0.0599. The molecule has 0 radical (unpaired) electrons. The molecule has 9 heteroatoms. The molecule has 122 valence electrons. The number of aliphatic carboxylic acids is 1. The van der Waals surface area contributed by atoms with Crippen molar-refractivity contribution >= 4 is 23.9 Å². The van der Waals surface area contributed by atoms with Crippen LogP contribution < -0.4 is 5.32 Å². The third-order valence-corrected chi connectivity index (χ3v) is 2.80. The summed E-state index contributed by atoms with van der Waals surface area (Å²) in [5.41, 5.74) is 0. The van der Waals surface area contributed by atoms with Gasteiger partial charge in [-0.1, -0.05) is 0 Å². The van der Waals surface area contributed by atoms with Crippen molar-refractivity contribution in [2.24, 2.45) is 0 Å². The molecular weight excluding hydrogens is 294 g/mol. The molecule has 0 bridgehead atoms. The number of hydrogen-bond acceptors (Lipinski definition) is 6. The lowest BCUT2D eigenvalue weighted by Crippen LogP contribution is -2.48. The third kappa shape index (κ3) is 5.52. The van der Waals surface area contributed by atoms with Crippen molar-refractivity contribution in [2.75, 3.05) is 33.8 Å². The number of nitrogens with one attached hydrogen (secondary N) is 1. The summed E-state index contributed by atoms with van der Waals surface area (Å²) in [7, 11) is 3.52. The lowest BCUT2D eigenvalue weighted by molar-refractivity contribution is -0.141. The summed E-state index contributed by atoms with van der Waals surface area (Å²) < 4.78 is 4.95. The van der Waals surface area contributed by atoms with E-state index in [2.05, 4.69) is 5.32 Å². The Bertz CT molecular complexity index is 470. The van der Waals surface area contributed by atoms with E-state index in [0.717, 1.165) is 17.1 Å². The van der Waals surface area contributed by atoms with E-state index in [-0.39, 0.29) is 19.6 Å². The molecular formula is C13H19N3O6. The van der Waals surface area contributed by atoms with Crippen molar-refractivity contribution < 1.29 is 29.0 Å². The number of imide groups is 1. The number of carboxylic acid groups (broad SMARTS) is 1. The van der Waals surface area contributed by atoms with Gasteiger partial charge in [-0.3, -0.25) is 19.3 Å². The Balaban J connectivity index is 2.52. The van der Waals surface area contributed by atoms with E-state index in [1.807, 2.05) is 0 Å². The molecule has 3 amide bonds. The Morgan fingerprint density at radius 3 is 2.41 bits per heavy atom. The second kappa shape index (κ2) is 8.13. The van der Waals surface area contributed by atoms with E-state index in [9.17, 15) is 19.2 Å². The minimum atomic E-state index is -1.04. The zero-order valence-corrected chi connectivity index (χ0v) is 12.4. The summed E-state index contributed by atoms with van der Waals surface area (Å²) in [5.74, 6) is -1.94. The van der Waals surface area contributed by atoms with Crippen LogP contribution in [0.1, 0.15) is 6.42 Å². The first-order valence-corrected chi connectivity index (χ1v) is 6.63. The minimum Gasteiger partial charge on any atom is -0.481 e. The second-order valence-corrected chi connectivity index (χ2v) is 4.96. The van der Waals surface area contributed by atoms with Gasteiger partial charge in [0.1, 0.15) is 6.61 Å². The molecule has 1 aliphatic rings. The topological polar surface area (TPSA) is 116 Å². The van der Waals surface area contributed by atoms with Gasteiger partial charge in [-0.15, -0.1) is 0 Å². The highest BCUT2D eigenvalue weighted by Gasteiger charge is 2.32. The maximum absolute atomic E-state index is 11.7. The van der Waals surface area contributed by atoms with Gasteiger partial charge in [-0.25, -0.2) is 4.79 Å². The average Bonchev–Trinajstić information content (AvgIpc) is 2.73. The first-order valence-electron chi connectivity index (χ1n) is 6.63. The number of likely N-dealkylation sites (N-methyl/N-ethyl adjacent to an activating group) is 1. The highest BCUT2D eigenvalue weighted by atomic mass is 16.5. The van der Waals surface area contributed by atoms with Crippen LogP contribution in [-0.4, -0.2) is 78.6 Å². The van der Waals surface area contributed by atoms with E-state index in [4.69, 9.17) is 9.84 Å². The molecule has 0 aromatic rings. The van der Waals surface area contributed by atoms with Gasteiger partial charge < -0.3 is 20.1 Å². The molecule has 22 heavy (non-hydrogen) atoms. The molecule has 0 aromatic heterocycles. The number of ether oxygens (including phenoxy) is 1. The zero-order chi connectivity index (χ0) is 16.7. The molecule has 0 fully saturated rings. The number of nitrogens with zero attached hydrogens (tertiary/aromatic N) is 2. The lowest BCUT2D eigenvalue weighted by atomic mass is 10.2. The van der Waals surface area contributed by atoms with E-state index in [1.165, 1.54) is 0 Å². The Morgan fingerprint density at radius 2 is 1.91 bits per heavy atom. The molecule has 0 aliphatic carbocycles. The lowest BCUT2D eigenvalue weighted by Gasteiger charge is -2.28. The van der Waals surface area contributed by atoms with Crippen molar-refractivity contribution in [3.05, 3.63) is 12.2 Å². The number of carboxylic acids is 1. The second-order valence-electron chi connectivity index (χ2n) is 4.96. The number of alkyl carbamates (subject to hydrolysis) is 1. The Morgan fingerprint density at radius 1 is 1.32 bits per heavy atom. The molecule has 1 aliphatic heterocycles. The van der Waals surface area contributed by atoms with E-state index < -0.39 is 29.9 Å². The van der Waals surface area contributed by atoms with Gasteiger partial charge in [0.25, 0.3) is 11.8 Å². The van der Waals surface area contributed by atoms with Crippen LogP contribution in [0.4, 0.5) is 4.79 Å². The van der Waals surface area contributed by atoms with Gasteiger partial charge in [0, 0.05) is 25.2 Å². The van der Waals surface area contributed by atoms with Crippen molar-refractivity contribution in [3.8, 4) is 0 Å². The fourth-order valence-corrected chi connectivity index (χ4v) is 1.90. The van der Waals surface area contributed by atoms with Gasteiger partial charge in [0.05, 0.1) is 12.5 Å². The van der Waals surface area contributed by atoms with Crippen LogP contribution in [-0.2, 0) is 19.1 Å². The van der Waals surface area contributed by atoms with Crippen LogP contribution in [0.15, 0.2) is 12.2 Å². The highest BCUT2D eigenvalue weighted by Crippen LogP contribution is 2.10. The summed E-state index contributed by atoms with van der Waals surface area (Å²) in [6, 6.07) is -0.616. The molecule has 2 N–H and O–H groups in total. The van der Waals surface area contributed by atoms with Crippen molar-refractivity contribution in [1.82, 2.24) is 15.1 Å². The number of hydrogen-bond donors (Lipinski definition) is 2. The molecule has 0 aromatic carbocycles. The monoisotopic (exact) mass is 313 g/mol. The van der Waals surface area contributed by atoms with Crippen LogP contribution in [0.25, 0.3) is 0 Å². The summed E-state index contributed by atoms with van der Waals surface area (Å²) in [6.45, 7) is 0.105. The van der Waals surface area contributed by atoms with E-state index in [0.29, 0.717) is 6.54 Å². The smallest absolute Gasteiger partial charge is 0.407 e. The van der Waals surface area contributed by atoms with E-state index >= 15 is 0 Å². The number of carbonyl (C=O) groups excluding carboxylic acids is 3. The van der Waals surface area contributed by atoms with Gasteiger partial charge in [0.15, 0.2) is 0 Å². The van der Waals surface area contributed by atoms with Crippen LogP contribution in [0.2, 0.25) is 0 Å². The number of carbonyl (C=O) groups is 4. The number of rotatable bonds is 8. The van der Waals surface area contributed by atoms with Crippen LogP contribution in [0.3, 0.4) is 0 Å². The summed E-state index contributed by atoms with van der Waals surface area (Å²) in [5, 5.41) is 10.7. The maximum atomic E-state index is 11.7. The van der Waals surface area contributed by atoms with Crippen molar-refractivity contribution in [1.29, 1.82) is 0 Å². The number of amides is 3. The Hall–Kier alpha value is -2.42. The standard InChI is InChI=1S/C13H19N3O6/c1-15(2)7-9(16-10(17)3-4-11(16)18)8-22-13(21)14-6-5-12(19)20/h3-4,9H,5-8H2,1-2H3,(H,14,21)(H,19,20)/t9-/m0/s1. The Labute approximate surface area is 127 Å². The summed E-state index contributed by atoms with van der Waals surface area (Å²) in [6.07, 6.45) is 1.32. The van der Waals surface area contributed by atoms with Crippen molar-refractivity contribution in [2.45, 2.75) is 12.5 Å². The molecule has 1 heterocycles. The zero-order valence-electron chi connectivity index (χ0n) is 12.4. The molecule has 0 unspecified atom stereocenters.